The van der Waals surface area contributed by atoms with Crippen LogP contribution in [0.1, 0.15) is 16.8 Å². The lowest BCUT2D eigenvalue weighted by Gasteiger charge is -2.03. The lowest BCUT2D eigenvalue weighted by molar-refractivity contribution is -0.139. The van der Waals surface area contributed by atoms with Gasteiger partial charge in [0.1, 0.15) is 6.42 Å². The van der Waals surface area contributed by atoms with Gasteiger partial charge in [0, 0.05) is 17.1 Å². The van der Waals surface area contributed by atoms with Crippen molar-refractivity contribution in [2.75, 3.05) is 14.2 Å². The van der Waals surface area contributed by atoms with Crippen LogP contribution in [0.3, 0.4) is 0 Å². The number of nitrogens with zero attached hydrogens (tertiary/aromatic N) is 1. The van der Waals surface area contributed by atoms with Crippen LogP contribution in [-0.2, 0) is 14.3 Å². The minimum atomic E-state index is -0.581. The van der Waals surface area contributed by atoms with Crippen molar-refractivity contribution in [3.05, 3.63) is 36.0 Å². The molecule has 1 aromatic heterocycles. The van der Waals surface area contributed by atoms with Gasteiger partial charge in [-0.2, -0.15) is 0 Å². The molecule has 0 aliphatic rings. The molecule has 6 nitrogen and oxygen atoms in total. The molecule has 0 aliphatic heterocycles. The number of rotatable bonds is 3. The highest BCUT2D eigenvalue weighted by Gasteiger charge is 2.14. The third-order valence-electron chi connectivity index (χ3n) is 2.92. The van der Waals surface area contributed by atoms with Gasteiger partial charge in [0.05, 0.1) is 19.7 Å². The second-order valence-corrected chi connectivity index (χ2v) is 4.11. The molecule has 6 heteroatoms. The van der Waals surface area contributed by atoms with Crippen molar-refractivity contribution < 1.29 is 23.9 Å². The summed E-state index contributed by atoms with van der Waals surface area (Å²) in [7, 11) is 2.53. The van der Waals surface area contributed by atoms with E-state index in [4.69, 9.17) is 0 Å². The Morgan fingerprint density at radius 2 is 1.85 bits per heavy atom. The second-order valence-electron chi connectivity index (χ2n) is 4.11. The number of methoxy groups -OCH3 is 2. The van der Waals surface area contributed by atoms with E-state index < -0.39 is 12.1 Å². The molecule has 0 saturated heterocycles. The third-order valence-corrected chi connectivity index (χ3v) is 2.92. The maximum Gasteiger partial charge on any atom is 0.418 e. The summed E-state index contributed by atoms with van der Waals surface area (Å²) in [6.45, 7) is 0. The molecule has 0 aliphatic carbocycles. The summed E-state index contributed by atoms with van der Waals surface area (Å²) in [5, 5.41) is 0.714. The fraction of sp³-hybridized carbons (Fsp3) is 0.214. The average Bonchev–Trinajstić information content (AvgIpc) is 2.89. The van der Waals surface area contributed by atoms with E-state index in [0.717, 1.165) is 0 Å². The highest BCUT2D eigenvalue weighted by atomic mass is 16.5. The van der Waals surface area contributed by atoms with Gasteiger partial charge in [0.15, 0.2) is 5.78 Å². The number of ether oxygens (including phenoxy) is 2. The summed E-state index contributed by atoms with van der Waals surface area (Å²) in [5.41, 5.74) is 1.02. The number of Topliss-reactive ketones (excluding diaryl/α,β-unsaturated/α-hetero) is 1. The van der Waals surface area contributed by atoms with Crippen molar-refractivity contribution in [3.8, 4) is 0 Å². The molecule has 0 N–H and O–H groups in total. The van der Waals surface area contributed by atoms with Gasteiger partial charge in [0.25, 0.3) is 0 Å². The van der Waals surface area contributed by atoms with Crippen LogP contribution in [0.5, 0.6) is 0 Å². The predicted molar refractivity (Wildman–Crippen MR) is 70.7 cm³/mol. The lowest BCUT2D eigenvalue weighted by atomic mass is 10.1. The van der Waals surface area contributed by atoms with Crippen LogP contribution in [-0.4, -0.2) is 36.6 Å². The quantitative estimate of drug-likeness (QED) is 0.486. The molecule has 0 saturated carbocycles. The fourth-order valence-electron chi connectivity index (χ4n) is 1.88. The highest BCUT2D eigenvalue weighted by Crippen LogP contribution is 2.19. The predicted octanol–water partition coefficient (Wildman–Crippen LogP) is 2.00. The molecular formula is C14H13NO5. The van der Waals surface area contributed by atoms with Crippen molar-refractivity contribution >= 4 is 28.7 Å². The first kappa shape index (κ1) is 13.8. The Hall–Kier alpha value is -2.63. The van der Waals surface area contributed by atoms with Crippen molar-refractivity contribution in [3.63, 3.8) is 0 Å². The van der Waals surface area contributed by atoms with E-state index in [1.54, 1.807) is 30.5 Å². The summed E-state index contributed by atoms with van der Waals surface area (Å²) >= 11 is 0. The minimum absolute atomic E-state index is 0.306. The number of carbonyl (C=O) groups excluding carboxylic acids is 3. The van der Waals surface area contributed by atoms with Gasteiger partial charge >= 0.3 is 12.1 Å². The zero-order valence-corrected chi connectivity index (χ0v) is 11.1. The standard InChI is InChI=1S/C14H13NO5/c1-19-13(17)8-12(16)10-3-4-11-9(7-10)5-6-15(11)14(18)20-2/h3-7H,8H2,1-2H3. The summed E-state index contributed by atoms with van der Waals surface area (Å²) in [6, 6.07) is 6.52. The van der Waals surface area contributed by atoms with Crippen molar-refractivity contribution in [1.82, 2.24) is 4.57 Å². The zero-order valence-electron chi connectivity index (χ0n) is 11.1. The van der Waals surface area contributed by atoms with Crippen molar-refractivity contribution in [1.29, 1.82) is 0 Å². The number of fused-ring (bicyclic) bond motifs is 1. The van der Waals surface area contributed by atoms with Gasteiger partial charge in [-0.3, -0.25) is 14.2 Å². The van der Waals surface area contributed by atoms with E-state index in [2.05, 4.69) is 9.47 Å². The first-order valence-corrected chi connectivity index (χ1v) is 5.86. The van der Waals surface area contributed by atoms with Crippen LogP contribution in [0, 0.1) is 0 Å². The first-order chi connectivity index (χ1) is 9.56. The molecule has 0 fully saturated rings. The Balaban J connectivity index is 2.33. The Morgan fingerprint density at radius 3 is 2.50 bits per heavy atom. The Morgan fingerprint density at radius 1 is 1.10 bits per heavy atom. The third kappa shape index (κ3) is 2.54. The Kier molecular flexibility index (Phi) is 3.84. The largest absolute Gasteiger partial charge is 0.469 e. The van der Waals surface area contributed by atoms with Crippen LogP contribution in [0.25, 0.3) is 10.9 Å². The van der Waals surface area contributed by atoms with Gasteiger partial charge < -0.3 is 9.47 Å². The average molecular weight is 275 g/mol. The molecule has 2 rings (SSSR count). The van der Waals surface area contributed by atoms with Crippen LogP contribution < -0.4 is 0 Å². The Labute approximate surface area is 114 Å². The molecule has 1 aromatic carbocycles. The van der Waals surface area contributed by atoms with E-state index in [-0.39, 0.29) is 12.2 Å². The number of esters is 1. The van der Waals surface area contributed by atoms with Gasteiger partial charge in [-0.05, 0) is 24.3 Å². The van der Waals surface area contributed by atoms with E-state index in [0.29, 0.717) is 16.5 Å². The summed E-state index contributed by atoms with van der Waals surface area (Å²) in [4.78, 5) is 34.4. The number of carbonyl (C=O) groups is 3. The number of benzene rings is 1. The van der Waals surface area contributed by atoms with E-state index >= 15 is 0 Å². The smallest absolute Gasteiger partial charge is 0.418 e. The van der Waals surface area contributed by atoms with Crippen molar-refractivity contribution in [2.24, 2.45) is 0 Å². The Bertz CT molecular complexity index is 686. The molecule has 0 radical (unpaired) electrons. The molecule has 0 bridgehead atoms. The normalized spacial score (nSPS) is 10.3. The lowest BCUT2D eigenvalue weighted by Crippen LogP contribution is -2.10. The van der Waals surface area contributed by atoms with Gasteiger partial charge in [0.2, 0.25) is 0 Å². The summed E-state index contributed by atoms with van der Waals surface area (Å²) in [5.74, 6) is -0.910. The van der Waals surface area contributed by atoms with E-state index in [1.807, 2.05) is 0 Å². The molecular weight excluding hydrogens is 262 g/mol. The van der Waals surface area contributed by atoms with Crippen LogP contribution in [0.15, 0.2) is 30.5 Å². The van der Waals surface area contributed by atoms with Gasteiger partial charge in [-0.1, -0.05) is 0 Å². The minimum Gasteiger partial charge on any atom is -0.469 e. The van der Waals surface area contributed by atoms with Crippen LogP contribution in [0.4, 0.5) is 4.79 Å². The molecule has 2 aromatic rings. The number of ketones is 1. The monoisotopic (exact) mass is 275 g/mol. The van der Waals surface area contributed by atoms with E-state index in [1.165, 1.54) is 18.8 Å². The molecule has 0 atom stereocenters. The fourth-order valence-corrected chi connectivity index (χ4v) is 1.88. The molecule has 104 valence electrons. The van der Waals surface area contributed by atoms with Crippen LogP contribution in [0.2, 0.25) is 0 Å². The first-order valence-electron chi connectivity index (χ1n) is 5.86. The molecule has 0 unspecified atom stereocenters. The second kappa shape index (κ2) is 5.56. The van der Waals surface area contributed by atoms with Gasteiger partial charge in [-0.25, -0.2) is 4.79 Å². The topological polar surface area (TPSA) is 74.6 Å². The molecule has 0 amide bonds. The highest BCUT2D eigenvalue weighted by molar-refractivity contribution is 6.07. The maximum absolute atomic E-state index is 11.9. The maximum atomic E-state index is 11.9. The number of hydrogen-bond acceptors (Lipinski definition) is 5. The molecule has 0 spiro atoms. The SMILES string of the molecule is COC(=O)CC(=O)c1ccc2c(ccn2C(=O)OC)c1. The summed E-state index contributed by atoms with van der Waals surface area (Å²) < 4.78 is 10.4. The van der Waals surface area contributed by atoms with E-state index in [9.17, 15) is 14.4 Å². The van der Waals surface area contributed by atoms with Crippen molar-refractivity contribution in [2.45, 2.75) is 6.42 Å². The summed E-state index contributed by atoms with van der Waals surface area (Å²) in [6.07, 6.45) is 0.749. The zero-order chi connectivity index (χ0) is 14.7. The molecule has 1 heterocycles. The van der Waals surface area contributed by atoms with Crippen LogP contribution >= 0.6 is 0 Å². The van der Waals surface area contributed by atoms with Gasteiger partial charge in [-0.15, -0.1) is 0 Å². The number of hydrogen-bond donors (Lipinski definition) is 0. The molecule has 20 heavy (non-hydrogen) atoms. The number of aromatic nitrogens is 1.